The fourth-order valence-electron chi connectivity index (χ4n) is 3.44. The van der Waals surface area contributed by atoms with Crippen molar-refractivity contribution < 1.29 is 0 Å². The number of nitrogens with one attached hydrogen (secondary N) is 1. The van der Waals surface area contributed by atoms with Crippen LogP contribution in [0.4, 0.5) is 0 Å². The monoisotopic (exact) mass is 244 g/mol. The lowest BCUT2D eigenvalue weighted by Crippen LogP contribution is -2.47. The maximum Gasteiger partial charge on any atom is 0.0449 e. The highest BCUT2D eigenvalue weighted by molar-refractivity contribution is 5.19. The molecule has 0 spiro atoms. The number of hydrogen-bond acceptors (Lipinski definition) is 2. The van der Waals surface area contributed by atoms with Crippen LogP contribution in [-0.4, -0.2) is 31.1 Å². The van der Waals surface area contributed by atoms with Crippen LogP contribution in [0.25, 0.3) is 0 Å². The molecular formula is C16H24N2. The van der Waals surface area contributed by atoms with E-state index in [-0.39, 0.29) is 0 Å². The highest BCUT2D eigenvalue weighted by Crippen LogP contribution is 2.26. The zero-order valence-electron chi connectivity index (χ0n) is 11.1. The third-order valence-electron chi connectivity index (χ3n) is 4.45. The largest absolute Gasteiger partial charge is 0.308 e. The van der Waals surface area contributed by atoms with Gasteiger partial charge in [0.25, 0.3) is 0 Å². The molecule has 1 atom stereocenters. The minimum Gasteiger partial charge on any atom is -0.308 e. The predicted molar refractivity (Wildman–Crippen MR) is 75.6 cm³/mol. The van der Waals surface area contributed by atoms with Gasteiger partial charge in [-0.15, -0.1) is 0 Å². The lowest BCUT2D eigenvalue weighted by atomic mass is 10.0. The van der Waals surface area contributed by atoms with Crippen molar-refractivity contribution in [2.24, 2.45) is 5.92 Å². The summed E-state index contributed by atoms with van der Waals surface area (Å²) in [5.74, 6) is 0.972. The summed E-state index contributed by atoms with van der Waals surface area (Å²) in [7, 11) is 0. The molecule has 2 fully saturated rings. The second kappa shape index (κ2) is 5.85. The standard InChI is InChI=1S/C16H24N2/c1-2-8-15(9-3-1)16-13-18(11-10-17-16)12-14-6-4-5-7-14/h1-3,8-9,14,16-17H,4-7,10-13H2. The normalized spacial score (nSPS) is 26.6. The lowest BCUT2D eigenvalue weighted by molar-refractivity contribution is 0.174. The molecule has 1 saturated heterocycles. The lowest BCUT2D eigenvalue weighted by Gasteiger charge is -2.35. The minimum absolute atomic E-state index is 0.529. The highest BCUT2D eigenvalue weighted by atomic mass is 15.2. The highest BCUT2D eigenvalue weighted by Gasteiger charge is 2.24. The number of benzene rings is 1. The second-order valence-electron chi connectivity index (χ2n) is 5.83. The van der Waals surface area contributed by atoms with Crippen molar-refractivity contribution in [1.29, 1.82) is 0 Å². The molecule has 1 saturated carbocycles. The van der Waals surface area contributed by atoms with Crippen LogP contribution in [0.15, 0.2) is 30.3 Å². The van der Waals surface area contributed by atoms with E-state index in [0.717, 1.165) is 12.5 Å². The van der Waals surface area contributed by atoms with Crippen LogP contribution in [0, 0.1) is 5.92 Å². The molecule has 3 rings (SSSR count). The van der Waals surface area contributed by atoms with Gasteiger partial charge in [-0.3, -0.25) is 4.90 Å². The molecule has 1 aromatic carbocycles. The molecule has 1 aliphatic carbocycles. The first-order valence-electron chi connectivity index (χ1n) is 7.42. The van der Waals surface area contributed by atoms with Gasteiger partial charge in [-0.05, 0) is 24.3 Å². The first-order chi connectivity index (χ1) is 8.92. The van der Waals surface area contributed by atoms with E-state index in [9.17, 15) is 0 Å². The van der Waals surface area contributed by atoms with Gasteiger partial charge in [0.1, 0.15) is 0 Å². The molecule has 1 unspecified atom stereocenters. The number of rotatable bonds is 3. The van der Waals surface area contributed by atoms with Crippen LogP contribution in [0.1, 0.15) is 37.3 Å². The molecule has 2 heteroatoms. The Kier molecular flexibility index (Phi) is 3.96. The Morgan fingerprint density at radius 1 is 1.11 bits per heavy atom. The van der Waals surface area contributed by atoms with E-state index in [1.54, 1.807) is 0 Å². The Bertz CT molecular complexity index is 357. The van der Waals surface area contributed by atoms with Crippen molar-refractivity contribution in [3.8, 4) is 0 Å². The number of nitrogens with zero attached hydrogens (tertiary/aromatic N) is 1. The molecule has 2 aliphatic rings. The van der Waals surface area contributed by atoms with Crippen molar-refractivity contribution in [2.45, 2.75) is 31.7 Å². The van der Waals surface area contributed by atoms with E-state index in [2.05, 4.69) is 40.5 Å². The van der Waals surface area contributed by atoms with Crippen LogP contribution in [0.3, 0.4) is 0 Å². The van der Waals surface area contributed by atoms with Gasteiger partial charge in [-0.1, -0.05) is 43.2 Å². The van der Waals surface area contributed by atoms with Crippen molar-refractivity contribution in [3.05, 3.63) is 35.9 Å². The van der Waals surface area contributed by atoms with Gasteiger partial charge in [-0.25, -0.2) is 0 Å². The van der Waals surface area contributed by atoms with Crippen LogP contribution >= 0.6 is 0 Å². The first kappa shape index (κ1) is 12.2. The minimum atomic E-state index is 0.529. The second-order valence-corrected chi connectivity index (χ2v) is 5.83. The van der Waals surface area contributed by atoms with Crippen LogP contribution in [0.5, 0.6) is 0 Å². The quantitative estimate of drug-likeness (QED) is 0.879. The zero-order valence-corrected chi connectivity index (χ0v) is 11.1. The van der Waals surface area contributed by atoms with Crippen LogP contribution in [0.2, 0.25) is 0 Å². The molecule has 0 aromatic heterocycles. The smallest absolute Gasteiger partial charge is 0.0449 e. The van der Waals surface area contributed by atoms with E-state index in [1.807, 2.05) is 0 Å². The first-order valence-corrected chi connectivity index (χ1v) is 7.42. The van der Waals surface area contributed by atoms with Crippen molar-refractivity contribution >= 4 is 0 Å². The van der Waals surface area contributed by atoms with Gasteiger partial charge in [0, 0.05) is 32.2 Å². The summed E-state index contributed by atoms with van der Waals surface area (Å²) in [4.78, 5) is 2.67. The molecule has 18 heavy (non-hydrogen) atoms. The van der Waals surface area contributed by atoms with Gasteiger partial charge in [0.05, 0.1) is 0 Å². The Labute approximate surface area is 110 Å². The summed E-state index contributed by atoms with van der Waals surface area (Å²) in [6.07, 6.45) is 5.83. The SMILES string of the molecule is c1ccc(C2CN(CC3CCCC3)CCN2)cc1. The van der Waals surface area contributed by atoms with Gasteiger partial charge in [0.15, 0.2) is 0 Å². The summed E-state index contributed by atoms with van der Waals surface area (Å²) in [5.41, 5.74) is 1.44. The average Bonchev–Trinajstić information content (AvgIpc) is 2.93. The maximum atomic E-state index is 3.65. The molecule has 98 valence electrons. The predicted octanol–water partition coefficient (Wildman–Crippen LogP) is 2.82. The number of hydrogen-bond donors (Lipinski definition) is 1. The Morgan fingerprint density at radius 3 is 2.67 bits per heavy atom. The maximum absolute atomic E-state index is 3.65. The third-order valence-corrected chi connectivity index (χ3v) is 4.45. The van der Waals surface area contributed by atoms with E-state index in [1.165, 1.54) is 50.9 Å². The van der Waals surface area contributed by atoms with Gasteiger partial charge < -0.3 is 5.32 Å². The average molecular weight is 244 g/mol. The Balaban J connectivity index is 1.58. The summed E-state index contributed by atoms with van der Waals surface area (Å²) in [6.45, 7) is 4.86. The Hall–Kier alpha value is -0.860. The molecular weight excluding hydrogens is 220 g/mol. The van der Waals surface area contributed by atoms with Crippen LogP contribution in [-0.2, 0) is 0 Å². The van der Waals surface area contributed by atoms with Crippen molar-refractivity contribution in [3.63, 3.8) is 0 Å². The molecule has 1 aliphatic heterocycles. The molecule has 1 aromatic rings. The van der Waals surface area contributed by atoms with Crippen LogP contribution < -0.4 is 5.32 Å². The summed E-state index contributed by atoms with van der Waals surface area (Å²) in [5, 5.41) is 3.65. The zero-order chi connectivity index (χ0) is 12.2. The topological polar surface area (TPSA) is 15.3 Å². The summed E-state index contributed by atoms with van der Waals surface area (Å²) in [6, 6.07) is 11.4. The van der Waals surface area contributed by atoms with Gasteiger partial charge in [-0.2, -0.15) is 0 Å². The van der Waals surface area contributed by atoms with E-state index < -0.39 is 0 Å². The fraction of sp³-hybridized carbons (Fsp3) is 0.625. The molecule has 0 radical (unpaired) electrons. The molecule has 1 heterocycles. The van der Waals surface area contributed by atoms with E-state index >= 15 is 0 Å². The molecule has 1 N–H and O–H groups in total. The van der Waals surface area contributed by atoms with Crippen molar-refractivity contribution in [2.75, 3.05) is 26.2 Å². The molecule has 2 nitrogen and oxygen atoms in total. The van der Waals surface area contributed by atoms with Crippen molar-refractivity contribution in [1.82, 2.24) is 10.2 Å². The fourth-order valence-corrected chi connectivity index (χ4v) is 3.44. The molecule has 0 bridgehead atoms. The van der Waals surface area contributed by atoms with E-state index in [0.29, 0.717) is 6.04 Å². The van der Waals surface area contributed by atoms with Gasteiger partial charge in [0.2, 0.25) is 0 Å². The van der Waals surface area contributed by atoms with Gasteiger partial charge >= 0.3 is 0 Å². The number of piperazine rings is 1. The Morgan fingerprint density at radius 2 is 1.89 bits per heavy atom. The summed E-state index contributed by atoms with van der Waals surface area (Å²) < 4.78 is 0. The third kappa shape index (κ3) is 2.93. The van der Waals surface area contributed by atoms with E-state index in [4.69, 9.17) is 0 Å². The summed E-state index contributed by atoms with van der Waals surface area (Å²) >= 11 is 0. The molecule has 0 amide bonds.